The van der Waals surface area contributed by atoms with E-state index in [9.17, 15) is 0 Å². The molecule has 3 nitrogen and oxygen atoms in total. The van der Waals surface area contributed by atoms with E-state index in [1.165, 1.54) is 0 Å². The first-order valence-electron chi connectivity index (χ1n) is 5.32. The number of halogens is 2. The third kappa shape index (κ3) is 2.07. The highest BCUT2D eigenvalue weighted by molar-refractivity contribution is 6.31. The quantitative estimate of drug-likeness (QED) is 0.615. The lowest BCUT2D eigenvalue weighted by atomic mass is 10.2. The number of nitrogens with zero attached hydrogens (tertiary/aromatic N) is 2. The van der Waals surface area contributed by atoms with E-state index < -0.39 is 0 Å². The zero-order valence-corrected chi connectivity index (χ0v) is 11.0. The predicted octanol–water partition coefficient (Wildman–Crippen LogP) is 4.51. The molecular formula is C13H8Cl2N2O. The summed E-state index contributed by atoms with van der Waals surface area (Å²) in [7, 11) is 0. The molecule has 3 rings (SSSR count). The van der Waals surface area contributed by atoms with E-state index in [0.29, 0.717) is 27.5 Å². The zero-order valence-electron chi connectivity index (χ0n) is 9.45. The highest BCUT2D eigenvalue weighted by Gasteiger charge is 2.09. The standard InChI is InChI=1S/C13H8Cl2N2O/c1-7-16-10(6-13(15)17-7)12-5-8-4-9(14)2-3-11(8)18-12/h2-6H,1H3. The lowest BCUT2D eigenvalue weighted by molar-refractivity contribution is 0.628. The number of rotatable bonds is 1. The van der Waals surface area contributed by atoms with E-state index in [2.05, 4.69) is 9.97 Å². The second-order valence-electron chi connectivity index (χ2n) is 3.92. The molecule has 0 N–H and O–H groups in total. The molecule has 0 aliphatic heterocycles. The molecule has 0 bridgehead atoms. The number of hydrogen-bond donors (Lipinski definition) is 0. The van der Waals surface area contributed by atoms with Gasteiger partial charge in [-0.15, -0.1) is 0 Å². The average Bonchev–Trinajstić information content (AvgIpc) is 2.70. The van der Waals surface area contributed by atoms with Crippen LogP contribution in [0.25, 0.3) is 22.4 Å². The largest absolute Gasteiger partial charge is 0.454 e. The average molecular weight is 279 g/mol. The molecule has 18 heavy (non-hydrogen) atoms. The molecule has 0 radical (unpaired) electrons. The van der Waals surface area contributed by atoms with Gasteiger partial charge in [0, 0.05) is 16.5 Å². The van der Waals surface area contributed by atoms with Crippen LogP contribution in [0.15, 0.2) is 34.7 Å². The van der Waals surface area contributed by atoms with E-state index in [1.54, 1.807) is 19.1 Å². The number of benzene rings is 1. The molecule has 0 aliphatic carbocycles. The number of furan rings is 1. The second-order valence-corrected chi connectivity index (χ2v) is 4.74. The Bertz CT molecular complexity index is 717. The van der Waals surface area contributed by atoms with Gasteiger partial charge < -0.3 is 4.42 Å². The molecule has 0 saturated carbocycles. The summed E-state index contributed by atoms with van der Waals surface area (Å²) >= 11 is 11.8. The summed E-state index contributed by atoms with van der Waals surface area (Å²) in [5.74, 6) is 1.26. The van der Waals surface area contributed by atoms with Gasteiger partial charge in [-0.1, -0.05) is 23.2 Å². The van der Waals surface area contributed by atoms with Crippen LogP contribution in [0.2, 0.25) is 10.2 Å². The van der Waals surface area contributed by atoms with Crippen LogP contribution in [-0.2, 0) is 0 Å². The topological polar surface area (TPSA) is 38.9 Å². The molecule has 3 aromatic rings. The summed E-state index contributed by atoms with van der Waals surface area (Å²) in [6.07, 6.45) is 0. The van der Waals surface area contributed by atoms with Crippen molar-refractivity contribution in [3.05, 3.63) is 46.3 Å². The van der Waals surface area contributed by atoms with Crippen molar-refractivity contribution >= 4 is 34.2 Å². The van der Waals surface area contributed by atoms with Gasteiger partial charge in [0.2, 0.25) is 0 Å². The summed E-state index contributed by atoms with van der Waals surface area (Å²) in [6, 6.07) is 9.03. The van der Waals surface area contributed by atoms with Crippen LogP contribution in [0.1, 0.15) is 5.82 Å². The van der Waals surface area contributed by atoms with Crippen LogP contribution < -0.4 is 0 Å². The fourth-order valence-corrected chi connectivity index (χ4v) is 2.20. The number of aryl methyl sites for hydroxylation is 1. The van der Waals surface area contributed by atoms with Gasteiger partial charge in [-0.2, -0.15) is 0 Å². The van der Waals surface area contributed by atoms with Crippen LogP contribution in [0.4, 0.5) is 0 Å². The van der Waals surface area contributed by atoms with E-state index in [1.807, 2.05) is 18.2 Å². The van der Waals surface area contributed by atoms with Crippen molar-refractivity contribution in [1.29, 1.82) is 0 Å². The molecule has 2 aromatic heterocycles. The maximum atomic E-state index is 5.94. The van der Waals surface area contributed by atoms with Crippen LogP contribution in [-0.4, -0.2) is 9.97 Å². The normalized spacial score (nSPS) is 11.1. The van der Waals surface area contributed by atoms with Gasteiger partial charge in [0.1, 0.15) is 22.3 Å². The van der Waals surface area contributed by atoms with Gasteiger partial charge in [0.25, 0.3) is 0 Å². The molecule has 1 aromatic carbocycles. The Morgan fingerprint density at radius 3 is 2.67 bits per heavy atom. The molecule has 0 spiro atoms. The van der Waals surface area contributed by atoms with Gasteiger partial charge in [0.15, 0.2) is 5.76 Å². The van der Waals surface area contributed by atoms with Gasteiger partial charge in [-0.3, -0.25) is 0 Å². The first-order valence-corrected chi connectivity index (χ1v) is 6.08. The maximum absolute atomic E-state index is 5.94. The minimum Gasteiger partial charge on any atom is -0.454 e. The van der Waals surface area contributed by atoms with Crippen molar-refractivity contribution in [3.63, 3.8) is 0 Å². The zero-order chi connectivity index (χ0) is 12.7. The smallest absolute Gasteiger partial charge is 0.153 e. The Balaban J connectivity index is 2.19. The van der Waals surface area contributed by atoms with Crippen LogP contribution >= 0.6 is 23.2 Å². The van der Waals surface area contributed by atoms with E-state index in [-0.39, 0.29) is 0 Å². The molecule has 0 fully saturated rings. The Morgan fingerprint density at radius 2 is 1.89 bits per heavy atom. The fraction of sp³-hybridized carbons (Fsp3) is 0.0769. The van der Waals surface area contributed by atoms with Gasteiger partial charge in [-0.05, 0) is 31.2 Å². The predicted molar refractivity (Wildman–Crippen MR) is 72.0 cm³/mol. The Morgan fingerprint density at radius 1 is 1.06 bits per heavy atom. The van der Waals surface area contributed by atoms with Crippen LogP contribution in [0, 0.1) is 6.92 Å². The number of fused-ring (bicyclic) bond motifs is 1. The minimum absolute atomic E-state index is 0.399. The molecule has 0 unspecified atom stereocenters. The molecule has 0 aliphatic rings. The summed E-state index contributed by atoms with van der Waals surface area (Å²) in [4.78, 5) is 8.32. The number of hydrogen-bond acceptors (Lipinski definition) is 3. The van der Waals surface area contributed by atoms with Crippen molar-refractivity contribution < 1.29 is 4.42 Å². The number of aromatic nitrogens is 2. The molecule has 2 heterocycles. The summed E-state index contributed by atoms with van der Waals surface area (Å²) < 4.78 is 5.71. The fourth-order valence-electron chi connectivity index (χ4n) is 1.80. The van der Waals surface area contributed by atoms with E-state index >= 15 is 0 Å². The Hall–Kier alpha value is -1.58. The van der Waals surface area contributed by atoms with Crippen molar-refractivity contribution in [2.24, 2.45) is 0 Å². The van der Waals surface area contributed by atoms with Crippen molar-refractivity contribution in [2.75, 3.05) is 0 Å². The first kappa shape index (κ1) is 11.5. The molecule has 0 amide bonds. The monoisotopic (exact) mass is 278 g/mol. The van der Waals surface area contributed by atoms with Crippen LogP contribution in [0.3, 0.4) is 0 Å². The Kier molecular flexibility index (Phi) is 2.73. The second kappa shape index (κ2) is 4.26. The maximum Gasteiger partial charge on any atom is 0.153 e. The van der Waals surface area contributed by atoms with Crippen molar-refractivity contribution in [1.82, 2.24) is 9.97 Å². The molecule has 5 heteroatoms. The summed E-state index contributed by atoms with van der Waals surface area (Å²) in [5.41, 5.74) is 1.43. The molecule has 0 saturated heterocycles. The van der Waals surface area contributed by atoms with E-state index in [0.717, 1.165) is 11.0 Å². The highest BCUT2D eigenvalue weighted by Crippen LogP contribution is 2.29. The third-order valence-corrected chi connectivity index (χ3v) is 2.97. The van der Waals surface area contributed by atoms with Crippen molar-refractivity contribution in [3.8, 4) is 11.5 Å². The lowest BCUT2D eigenvalue weighted by Gasteiger charge is -1.98. The first-order chi connectivity index (χ1) is 8.61. The van der Waals surface area contributed by atoms with Crippen LogP contribution in [0.5, 0.6) is 0 Å². The summed E-state index contributed by atoms with van der Waals surface area (Å²) in [5, 5.41) is 2.01. The molecule has 90 valence electrons. The lowest BCUT2D eigenvalue weighted by Crippen LogP contribution is -1.90. The molecular weight excluding hydrogens is 271 g/mol. The van der Waals surface area contributed by atoms with Gasteiger partial charge in [-0.25, -0.2) is 9.97 Å². The van der Waals surface area contributed by atoms with E-state index in [4.69, 9.17) is 27.6 Å². The van der Waals surface area contributed by atoms with Gasteiger partial charge >= 0.3 is 0 Å². The van der Waals surface area contributed by atoms with Gasteiger partial charge in [0.05, 0.1) is 0 Å². The SMILES string of the molecule is Cc1nc(Cl)cc(-c2cc3cc(Cl)ccc3o2)n1. The summed E-state index contributed by atoms with van der Waals surface area (Å²) in [6.45, 7) is 1.79. The molecule has 0 atom stereocenters. The third-order valence-electron chi connectivity index (χ3n) is 2.54. The Labute approximate surface area is 113 Å². The highest BCUT2D eigenvalue weighted by atomic mass is 35.5. The minimum atomic E-state index is 0.399. The van der Waals surface area contributed by atoms with Crippen molar-refractivity contribution in [2.45, 2.75) is 6.92 Å².